The SMILES string of the molecule is CCOC(=O)C(=O)NCC(c1cccc(OC)c1)N(C)C. The van der Waals surface area contributed by atoms with Gasteiger partial charge < -0.3 is 19.7 Å². The highest BCUT2D eigenvalue weighted by molar-refractivity contribution is 6.32. The van der Waals surface area contributed by atoms with Crippen molar-refractivity contribution in [2.45, 2.75) is 13.0 Å². The van der Waals surface area contributed by atoms with Crippen LogP contribution in [-0.4, -0.2) is 51.1 Å². The summed E-state index contributed by atoms with van der Waals surface area (Å²) in [7, 11) is 5.41. The molecule has 0 heterocycles. The number of carbonyl (C=O) groups excluding carboxylic acids is 2. The Hall–Kier alpha value is -2.08. The Labute approximate surface area is 125 Å². The molecule has 1 aromatic carbocycles. The van der Waals surface area contributed by atoms with Crippen molar-refractivity contribution in [1.82, 2.24) is 10.2 Å². The van der Waals surface area contributed by atoms with Gasteiger partial charge in [0.1, 0.15) is 5.75 Å². The van der Waals surface area contributed by atoms with Gasteiger partial charge in [-0.2, -0.15) is 0 Å². The Balaban J connectivity index is 2.74. The smallest absolute Gasteiger partial charge is 0.396 e. The first-order chi connectivity index (χ1) is 9.99. The molecule has 0 saturated carbocycles. The Morgan fingerprint density at radius 2 is 2.05 bits per heavy atom. The van der Waals surface area contributed by atoms with Crippen LogP contribution in [-0.2, 0) is 14.3 Å². The molecule has 0 saturated heterocycles. The van der Waals surface area contributed by atoms with Crippen molar-refractivity contribution in [3.63, 3.8) is 0 Å². The number of esters is 1. The fourth-order valence-corrected chi connectivity index (χ4v) is 1.91. The summed E-state index contributed by atoms with van der Waals surface area (Å²) in [6.45, 7) is 2.14. The first-order valence-corrected chi connectivity index (χ1v) is 6.74. The molecule has 1 aromatic rings. The quantitative estimate of drug-likeness (QED) is 0.625. The fourth-order valence-electron chi connectivity index (χ4n) is 1.91. The maximum Gasteiger partial charge on any atom is 0.396 e. The number of nitrogens with zero attached hydrogens (tertiary/aromatic N) is 1. The molecular weight excluding hydrogens is 272 g/mol. The number of amides is 1. The van der Waals surface area contributed by atoms with Crippen LogP contribution in [0.3, 0.4) is 0 Å². The van der Waals surface area contributed by atoms with Crippen LogP contribution in [0.1, 0.15) is 18.5 Å². The van der Waals surface area contributed by atoms with E-state index >= 15 is 0 Å². The van der Waals surface area contributed by atoms with Crippen LogP contribution in [0.2, 0.25) is 0 Å². The molecule has 0 radical (unpaired) electrons. The summed E-state index contributed by atoms with van der Waals surface area (Å²) in [5.74, 6) is -0.844. The summed E-state index contributed by atoms with van der Waals surface area (Å²) in [6, 6.07) is 7.52. The molecule has 6 nitrogen and oxygen atoms in total. The summed E-state index contributed by atoms with van der Waals surface area (Å²) in [5, 5.41) is 2.59. The van der Waals surface area contributed by atoms with Crippen molar-refractivity contribution in [1.29, 1.82) is 0 Å². The lowest BCUT2D eigenvalue weighted by Gasteiger charge is -2.25. The lowest BCUT2D eigenvalue weighted by molar-refractivity contribution is -0.154. The Morgan fingerprint density at radius 3 is 2.62 bits per heavy atom. The maximum absolute atomic E-state index is 11.6. The lowest BCUT2D eigenvalue weighted by Crippen LogP contribution is -2.38. The minimum Gasteiger partial charge on any atom is -0.497 e. The van der Waals surface area contributed by atoms with E-state index in [1.54, 1.807) is 14.0 Å². The summed E-state index contributed by atoms with van der Waals surface area (Å²) in [5.41, 5.74) is 0.989. The van der Waals surface area contributed by atoms with Gasteiger partial charge in [-0.15, -0.1) is 0 Å². The van der Waals surface area contributed by atoms with Gasteiger partial charge in [-0.05, 0) is 38.7 Å². The number of hydrogen-bond acceptors (Lipinski definition) is 5. The van der Waals surface area contributed by atoms with E-state index in [0.717, 1.165) is 11.3 Å². The zero-order chi connectivity index (χ0) is 15.8. The molecule has 116 valence electrons. The third kappa shape index (κ3) is 5.07. The second kappa shape index (κ2) is 8.26. The minimum absolute atomic E-state index is 0.0709. The Bertz CT molecular complexity index is 488. The van der Waals surface area contributed by atoms with E-state index in [2.05, 4.69) is 10.1 Å². The highest BCUT2D eigenvalue weighted by atomic mass is 16.5. The van der Waals surface area contributed by atoms with Crippen LogP contribution in [0.25, 0.3) is 0 Å². The summed E-state index contributed by atoms with van der Waals surface area (Å²) in [4.78, 5) is 24.8. The highest BCUT2D eigenvalue weighted by Crippen LogP contribution is 2.21. The number of rotatable bonds is 6. The van der Waals surface area contributed by atoms with Gasteiger partial charge in [0, 0.05) is 6.54 Å². The zero-order valence-electron chi connectivity index (χ0n) is 12.9. The molecule has 0 spiro atoms. The molecule has 21 heavy (non-hydrogen) atoms. The number of nitrogens with one attached hydrogen (secondary N) is 1. The summed E-state index contributed by atoms with van der Waals surface area (Å²) in [6.07, 6.45) is 0. The first-order valence-electron chi connectivity index (χ1n) is 6.74. The predicted molar refractivity (Wildman–Crippen MR) is 79.1 cm³/mol. The number of ether oxygens (including phenoxy) is 2. The average molecular weight is 294 g/mol. The average Bonchev–Trinajstić information content (AvgIpc) is 2.47. The number of benzene rings is 1. The number of likely N-dealkylation sites (N-methyl/N-ethyl adjacent to an activating group) is 1. The van der Waals surface area contributed by atoms with Crippen LogP contribution in [0.4, 0.5) is 0 Å². The molecule has 0 fully saturated rings. The third-order valence-electron chi connectivity index (χ3n) is 3.02. The van der Waals surface area contributed by atoms with E-state index in [1.165, 1.54) is 0 Å². The number of carbonyl (C=O) groups is 2. The second-order valence-corrected chi connectivity index (χ2v) is 4.69. The molecule has 1 amide bonds. The van der Waals surface area contributed by atoms with E-state index in [1.807, 2.05) is 43.3 Å². The van der Waals surface area contributed by atoms with Crippen LogP contribution in [0.5, 0.6) is 5.75 Å². The van der Waals surface area contributed by atoms with Gasteiger partial charge in [0.25, 0.3) is 0 Å². The van der Waals surface area contributed by atoms with Gasteiger partial charge in [0.15, 0.2) is 0 Å². The minimum atomic E-state index is -0.861. The van der Waals surface area contributed by atoms with Crippen LogP contribution < -0.4 is 10.1 Å². The standard InChI is InChI=1S/C15H22N2O4/c1-5-21-15(19)14(18)16-10-13(17(2)3)11-7-6-8-12(9-11)20-4/h6-9,13H,5,10H2,1-4H3,(H,16,18). The van der Waals surface area contributed by atoms with E-state index < -0.39 is 11.9 Å². The monoisotopic (exact) mass is 294 g/mol. The number of methoxy groups -OCH3 is 1. The van der Waals surface area contributed by atoms with Crippen LogP contribution in [0.15, 0.2) is 24.3 Å². The van der Waals surface area contributed by atoms with Crippen molar-refractivity contribution < 1.29 is 19.1 Å². The van der Waals surface area contributed by atoms with Gasteiger partial charge in [-0.3, -0.25) is 4.79 Å². The Morgan fingerprint density at radius 1 is 1.33 bits per heavy atom. The van der Waals surface area contributed by atoms with E-state index in [4.69, 9.17) is 4.74 Å². The largest absolute Gasteiger partial charge is 0.497 e. The van der Waals surface area contributed by atoms with Crippen molar-refractivity contribution >= 4 is 11.9 Å². The van der Waals surface area contributed by atoms with Crippen molar-refractivity contribution in [3.8, 4) is 5.75 Å². The van der Waals surface area contributed by atoms with Gasteiger partial charge in [-0.25, -0.2) is 4.79 Å². The summed E-state index contributed by atoms with van der Waals surface area (Å²) >= 11 is 0. The number of hydrogen-bond donors (Lipinski definition) is 1. The van der Waals surface area contributed by atoms with Gasteiger partial charge in [0.05, 0.1) is 19.8 Å². The molecule has 0 aromatic heterocycles. The Kier molecular flexibility index (Phi) is 6.68. The predicted octanol–water partition coefficient (Wildman–Crippen LogP) is 0.977. The van der Waals surface area contributed by atoms with Crippen LogP contribution >= 0.6 is 0 Å². The molecule has 0 bridgehead atoms. The summed E-state index contributed by atoms with van der Waals surface area (Å²) < 4.78 is 9.85. The first kappa shape index (κ1) is 17.0. The molecule has 1 unspecified atom stereocenters. The molecule has 0 aliphatic heterocycles. The molecule has 0 aliphatic rings. The zero-order valence-corrected chi connectivity index (χ0v) is 12.9. The van der Waals surface area contributed by atoms with Crippen molar-refractivity contribution in [2.75, 3.05) is 34.4 Å². The normalized spacial score (nSPS) is 11.9. The molecular formula is C15H22N2O4. The van der Waals surface area contributed by atoms with Crippen molar-refractivity contribution in [3.05, 3.63) is 29.8 Å². The van der Waals surface area contributed by atoms with E-state index in [0.29, 0.717) is 6.54 Å². The van der Waals surface area contributed by atoms with E-state index in [9.17, 15) is 9.59 Å². The molecule has 1 atom stereocenters. The molecule has 1 N–H and O–H groups in total. The van der Waals surface area contributed by atoms with Gasteiger partial charge in [0.2, 0.25) is 0 Å². The van der Waals surface area contributed by atoms with Gasteiger partial charge in [-0.1, -0.05) is 12.1 Å². The fraction of sp³-hybridized carbons (Fsp3) is 0.467. The highest BCUT2D eigenvalue weighted by Gasteiger charge is 2.19. The molecule has 0 aliphatic carbocycles. The van der Waals surface area contributed by atoms with Gasteiger partial charge >= 0.3 is 11.9 Å². The lowest BCUT2D eigenvalue weighted by atomic mass is 10.1. The topological polar surface area (TPSA) is 67.9 Å². The van der Waals surface area contributed by atoms with Crippen LogP contribution in [0, 0.1) is 0 Å². The molecule has 1 rings (SSSR count). The molecule has 6 heteroatoms. The second-order valence-electron chi connectivity index (χ2n) is 4.69. The maximum atomic E-state index is 11.6. The van der Waals surface area contributed by atoms with E-state index in [-0.39, 0.29) is 12.6 Å². The third-order valence-corrected chi connectivity index (χ3v) is 3.02. The van der Waals surface area contributed by atoms with Crippen molar-refractivity contribution in [2.24, 2.45) is 0 Å².